The Kier molecular flexibility index (Phi) is 4.72. The summed E-state index contributed by atoms with van der Waals surface area (Å²) >= 11 is 0. The van der Waals surface area contributed by atoms with Crippen molar-refractivity contribution in [2.24, 2.45) is 5.92 Å². The van der Waals surface area contributed by atoms with Crippen LogP contribution in [0.1, 0.15) is 37.9 Å². The van der Waals surface area contributed by atoms with E-state index in [1.54, 1.807) is 12.1 Å². The van der Waals surface area contributed by atoms with Crippen molar-refractivity contribution in [2.75, 3.05) is 0 Å². The first-order chi connectivity index (χ1) is 7.50. The topological polar surface area (TPSA) is 57.5 Å². The molecule has 0 spiro atoms. The van der Waals surface area contributed by atoms with Crippen LogP contribution in [0.15, 0.2) is 30.3 Å². The second kappa shape index (κ2) is 5.62. The van der Waals surface area contributed by atoms with E-state index in [-0.39, 0.29) is 5.92 Å². The molecule has 1 unspecified atom stereocenters. The van der Waals surface area contributed by atoms with Crippen molar-refractivity contribution >= 4 is 7.60 Å². The maximum Gasteiger partial charge on any atom is 0.333 e. The number of benzene rings is 1. The zero-order valence-corrected chi connectivity index (χ0v) is 10.6. The molecule has 0 fully saturated rings. The Balaban J connectivity index is 3.11. The predicted molar refractivity (Wildman–Crippen MR) is 65.3 cm³/mol. The van der Waals surface area contributed by atoms with Crippen molar-refractivity contribution in [3.8, 4) is 0 Å². The van der Waals surface area contributed by atoms with Crippen LogP contribution in [0, 0.1) is 5.92 Å². The maximum absolute atomic E-state index is 11.6. The van der Waals surface area contributed by atoms with Gasteiger partial charge in [0.05, 0.1) is 5.66 Å². The first-order valence-corrected chi connectivity index (χ1v) is 7.29. The SMILES string of the molecule is CCC(CC)C(c1ccccc1)P(=O)(O)O. The second-order valence-corrected chi connectivity index (χ2v) is 5.76. The lowest BCUT2D eigenvalue weighted by molar-refractivity contribution is 0.327. The summed E-state index contributed by atoms with van der Waals surface area (Å²) in [6, 6.07) is 9.08. The molecule has 2 N–H and O–H groups in total. The first kappa shape index (κ1) is 13.4. The molecule has 1 atom stereocenters. The molecule has 1 rings (SSSR count). The molecule has 0 aliphatic rings. The molecule has 3 nitrogen and oxygen atoms in total. The largest absolute Gasteiger partial charge is 0.333 e. The zero-order chi connectivity index (χ0) is 12.2. The first-order valence-electron chi connectivity index (χ1n) is 5.60. The van der Waals surface area contributed by atoms with Gasteiger partial charge in [-0.05, 0) is 11.5 Å². The Morgan fingerprint density at radius 2 is 1.62 bits per heavy atom. The van der Waals surface area contributed by atoms with Crippen LogP contribution in [0.2, 0.25) is 0 Å². The molecule has 1 aromatic rings. The lowest BCUT2D eigenvalue weighted by Gasteiger charge is -2.26. The average Bonchev–Trinajstić information content (AvgIpc) is 2.25. The predicted octanol–water partition coefficient (Wildman–Crippen LogP) is 3.34. The van der Waals surface area contributed by atoms with Gasteiger partial charge in [-0.15, -0.1) is 0 Å². The average molecular weight is 242 g/mol. The van der Waals surface area contributed by atoms with Crippen LogP contribution in [0.3, 0.4) is 0 Å². The Morgan fingerprint density at radius 3 is 2.00 bits per heavy atom. The lowest BCUT2D eigenvalue weighted by Crippen LogP contribution is -2.12. The number of rotatable bonds is 5. The second-order valence-electron chi connectivity index (χ2n) is 4.02. The van der Waals surface area contributed by atoms with Crippen LogP contribution in [-0.4, -0.2) is 9.79 Å². The summed E-state index contributed by atoms with van der Waals surface area (Å²) in [7, 11) is -4.09. The van der Waals surface area contributed by atoms with Gasteiger partial charge >= 0.3 is 7.60 Å². The third-order valence-corrected chi connectivity index (χ3v) is 4.44. The summed E-state index contributed by atoms with van der Waals surface area (Å²) in [5.74, 6) is 0.0308. The van der Waals surface area contributed by atoms with E-state index in [1.165, 1.54) is 0 Å². The van der Waals surface area contributed by atoms with Gasteiger partial charge in [-0.25, -0.2) is 0 Å². The zero-order valence-electron chi connectivity index (χ0n) is 9.71. The van der Waals surface area contributed by atoms with E-state index >= 15 is 0 Å². The molecule has 4 heteroatoms. The molecular weight excluding hydrogens is 223 g/mol. The number of hydrogen-bond donors (Lipinski definition) is 2. The van der Waals surface area contributed by atoms with Gasteiger partial charge in [-0.2, -0.15) is 0 Å². The van der Waals surface area contributed by atoms with Gasteiger partial charge in [0.15, 0.2) is 0 Å². The normalized spacial score (nSPS) is 14.1. The fraction of sp³-hybridized carbons (Fsp3) is 0.500. The summed E-state index contributed by atoms with van der Waals surface area (Å²) in [6.07, 6.45) is 1.56. The molecule has 1 aromatic carbocycles. The monoisotopic (exact) mass is 242 g/mol. The molecule has 16 heavy (non-hydrogen) atoms. The minimum Gasteiger partial charge on any atom is -0.324 e. The molecular formula is C12H19O3P. The van der Waals surface area contributed by atoms with E-state index in [4.69, 9.17) is 0 Å². The lowest BCUT2D eigenvalue weighted by atomic mass is 9.94. The van der Waals surface area contributed by atoms with Crippen molar-refractivity contribution in [3.05, 3.63) is 35.9 Å². The Bertz CT molecular complexity index is 354. The van der Waals surface area contributed by atoms with Gasteiger partial charge in [0.25, 0.3) is 0 Å². The van der Waals surface area contributed by atoms with Gasteiger partial charge < -0.3 is 9.79 Å². The van der Waals surface area contributed by atoms with Gasteiger partial charge in [-0.1, -0.05) is 57.0 Å². The highest BCUT2D eigenvalue weighted by Gasteiger charge is 2.35. The highest BCUT2D eigenvalue weighted by molar-refractivity contribution is 7.52. The fourth-order valence-electron chi connectivity index (χ4n) is 2.13. The summed E-state index contributed by atoms with van der Waals surface area (Å²) in [4.78, 5) is 18.9. The van der Waals surface area contributed by atoms with Gasteiger partial charge in [-0.3, -0.25) is 4.57 Å². The maximum atomic E-state index is 11.6. The molecule has 0 aliphatic heterocycles. The van der Waals surface area contributed by atoms with Crippen molar-refractivity contribution in [2.45, 2.75) is 32.3 Å². The van der Waals surface area contributed by atoms with E-state index in [2.05, 4.69) is 0 Å². The summed E-state index contributed by atoms with van der Waals surface area (Å²) in [5.41, 5.74) is 0.0771. The van der Waals surface area contributed by atoms with Gasteiger partial charge in [0, 0.05) is 0 Å². The van der Waals surface area contributed by atoms with Gasteiger partial charge in [0.1, 0.15) is 0 Å². The quantitative estimate of drug-likeness (QED) is 0.778. The third kappa shape index (κ3) is 3.18. The van der Waals surface area contributed by atoms with Crippen LogP contribution < -0.4 is 0 Å². The summed E-state index contributed by atoms with van der Waals surface area (Å²) in [5, 5.41) is 0. The van der Waals surface area contributed by atoms with Crippen LogP contribution in [0.4, 0.5) is 0 Å². The number of hydrogen-bond acceptors (Lipinski definition) is 1. The molecule has 0 heterocycles. The standard InChI is InChI=1S/C12H19O3P/c1-3-10(4-2)12(16(13,14)15)11-8-6-5-7-9-11/h5-10,12H,3-4H2,1-2H3,(H2,13,14,15). The minimum atomic E-state index is -4.09. The molecule has 0 aromatic heterocycles. The van der Waals surface area contributed by atoms with Crippen LogP contribution in [-0.2, 0) is 4.57 Å². The highest BCUT2D eigenvalue weighted by Crippen LogP contribution is 2.57. The van der Waals surface area contributed by atoms with E-state index < -0.39 is 13.3 Å². The third-order valence-electron chi connectivity index (χ3n) is 3.00. The van der Waals surface area contributed by atoms with Crippen LogP contribution in [0.5, 0.6) is 0 Å². The molecule has 90 valence electrons. The molecule has 0 radical (unpaired) electrons. The Morgan fingerprint density at radius 1 is 1.12 bits per heavy atom. The Hall–Kier alpha value is -0.630. The van der Waals surface area contributed by atoms with E-state index in [0.29, 0.717) is 0 Å². The van der Waals surface area contributed by atoms with E-state index in [0.717, 1.165) is 18.4 Å². The van der Waals surface area contributed by atoms with E-state index in [9.17, 15) is 14.4 Å². The smallest absolute Gasteiger partial charge is 0.324 e. The summed E-state index contributed by atoms with van der Waals surface area (Å²) in [6.45, 7) is 3.94. The Labute approximate surface area is 96.7 Å². The van der Waals surface area contributed by atoms with Crippen molar-refractivity contribution in [3.63, 3.8) is 0 Å². The van der Waals surface area contributed by atoms with Crippen LogP contribution in [0.25, 0.3) is 0 Å². The van der Waals surface area contributed by atoms with Crippen molar-refractivity contribution < 1.29 is 14.4 Å². The van der Waals surface area contributed by atoms with Crippen LogP contribution >= 0.6 is 7.60 Å². The molecule has 0 aliphatic carbocycles. The minimum absolute atomic E-state index is 0.0308. The van der Waals surface area contributed by atoms with Crippen molar-refractivity contribution in [1.82, 2.24) is 0 Å². The molecule has 0 saturated heterocycles. The van der Waals surface area contributed by atoms with Gasteiger partial charge in [0.2, 0.25) is 0 Å². The molecule has 0 saturated carbocycles. The van der Waals surface area contributed by atoms with Crippen molar-refractivity contribution in [1.29, 1.82) is 0 Å². The van der Waals surface area contributed by atoms with E-state index in [1.807, 2.05) is 32.0 Å². The fourth-order valence-corrected chi connectivity index (χ4v) is 3.66. The molecule has 0 bridgehead atoms. The molecule has 0 amide bonds. The highest BCUT2D eigenvalue weighted by atomic mass is 31.2. The summed E-state index contributed by atoms with van der Waals surface area (Å²) < 4.78 is 11.6.